The lowest BCUT2D eigenvalue weighted by Gasteiger charge is -2.08. The predicted octanol–water partition coefficient (Wildman–Crippen LogP) is 4.86. The highest BCUT2D eigenvalue weighted by molar-refractivity contribution is 7.17. The molecule has 6 nitrogen and oxygen atoms in total. The Kier molecular flexibility index (Phi) is 5.57. The van der Waals surface area contributed by atoms with E-state index in [4.69, 9.17) is 9.47 Å². The molecule has 0 aliphatic carbocycles. The van der Waals surface area contributed by atoms with Crippen molar-refractivity contribution in [3.63, 3.8) is 0 Å². The zero-order valence-corrected chi connectivity index (χ0v) is 16.5. The average molecular weight is 429 g/mol. The van der Waals surface area contributed by atoms with Crippen LogP contribution in [0.15, 0.2) is 23.6 Å². The number of nitrogens with one attached hydrogen (secondary N) is 1. The Hall–Kier alpha value is -2.66. The van der Waals surface area contributed by atoms with Crippen molar-refractivity contribution < 1.29 is 27.4 Å². The zero-order chi connectivity index (χ0) is 20.5. The van der Waals surface area contributed by atoms with Gasteiger partial charge in [-0.1, -0.05) is 0 Å². The molecule has 148 valence electrons. The van der Waals surface area contributed by atoms with E-state index >= 15 is 0 Å². The second-order valence-corrected chi connectivity index (χ2v) is 7.35. The summed E-state index contributed by atoms with van der Waals surface area (Å²) in [7, 11) is 3.03. The maximum absolute atomic E-state index is 12.6. The molecule has 3 rings (SSSR count). The lowest BCUT2D eigenvalue weighted by molar-refractivity contribution is -0.140. The number of nitrogens with zero attached hydrogens (tertiary/aromatic N) is 2. The summed E-state index contributed by atoms with van der Waals surface area (Å²) in [6.45, 7) is 1.65. The molecule has 0 atom stereocenters. The molecule has 0 aliphatic rings. The Labute approximate surface area is 166 Å². The third kappa shape index (κ3) is 4.09. The predicted molar refractivity (Wildman–Crippen MR) is 100 cm³/mol. The Morgan fingerprint density at radius 3 is 2.46 bits per heavy atom. The summed E-state index contributed by atoms with van der Waals surface area (Å²) < 4.78 is 48.4. The van der Waals surface area contributed by atoms with Gasteiger partial charge >= 0.3 is 6.18 Å². The summed E-state index contributed by atoms with van der Waals surface area (Å²) in [5.74, 6) is 0.507. The maximum atomic E-state index is 12.6. The summed E-state index contributed by atoms with van der Waals surface area (Å²) in [6.07, 6.45) is -4.56. The quantitative estimate of drug-likeness (QED) is 0.627. The number of carbonyl (C=O) groups excluding carboxylic acids is 1. The number of ether oxygens (including phenoxy) is 2. The van der Waals surface area contributed by atoms with Crippen LogP contribution in [0.3, 0.4) is 0 Å². The van der Waals surface area contributed by atoms with Crippen molar-refractivity contribution in [2.45, 2.75) is 13.1 Å². The van der Waals surface area contributed by atoms with Crippen molar-refractivity contribution >= 4 is 33.7 Å². The van der Waals surface area contributed by atoms with Gasteiger partial charge in [-0.05, 0) is 25.1 Å². The molecule has 0 spiro atoms. The van der Waals surface area contributed by atoms with Gasteiger partial charge in [0, 0.05) is 10.9 Å². The summed E-state index contributed by atoms with van der Waals surface area (Å²) in [4.78, 5) is 20.5. The molecule has 28 heavy (non-hydrogen) atoms. The van der Waals surface area contributed by atoms with Crippen LogP contribution in [0.4, 0.5) is 18.3 Å². The molecule has 0 radical (unpaired) electrons. The van der Waals surface area contributed by atoms with Crippen molar-refractivity contribution in [2.75, 3.05) is 19.5 Å². The molecule has 11 heteroatoms. The van der Waals surface area contributed by atoms with Crippen molar-refractivity contribution in [1.82, 2.24) is 9.97 Å². The zero-order valence-electron chi connectivity index (χ0n) is 14.9. The molecule has 2 aromatic heterocycles. The van der Waals surface area contributed by atoms with Gasteiger partial charge in [-0.15, -0.1) is 22.7 Å². The first-order valence-electron chi connectivity index (χ1n) is 7.77. The van der Waals surface area contributed by atoms with E-state index in [9.17, 15) is 18.0 Å². The number of rotatable bonds is 5. The van der Waals surface area contributed by atoms with Crippen LogP contribution in [0.2, 0.25) is 0 Å². The highest BCUT2D eigenvalue weighted by atomic mass is 32.1. The topological polar surface area (TPSA) is 73.3 Å². The number of anilines is 1. The first-order chi connectivity index (χ1) is 13.2. The second kappa shape index (κ2) is 7.76. The van der Waals surface area contributed by atoms with Crippen molar-refractivity contribution in [2.24, 2.45) is 0 Å². The minimum Gasteiger partial charge on any atom is -0.493 e. The number of amides is 1. The van der Waals surface area contributed by atoms with Gasteiger partial charge in [0.1, 0.15) is 9.88 Å². The number of aryl methyl sites for hydroxylation is 1. The lowest BCUT2D eigenvalue weighted by Crippen LogP contribution is -2.12. The van der Waals surface area contributed by atoms with Gasteiger partial charge in [0.05, 0.1) is 19.9 Å². The molecular weight excluding hydrogens is 415 g/mol. The summed E-state index contributed by atoms with van der Waals surface area (Å²) in [5.41, 5.74) is 0.137. The fraction of sp³-hybridized carbons (Fsp3) is 0.235. The minimum absolute atomic E-state index is 0.127. The number of aromatic nitrogens is 2. The Morgan fingerprint density at radius 2 is 1.86 bits per heavy atom. The molecule has 0 unspecified atom stereocenters. The van der Waals surface area contributed by atoms with E-state index in [1.807, 2.05) is 0 Å². The van der Waals surface area contributed by atoms with Crippen LogP contribution in [-0.2, 0) is 6.18 Å². The Bertz CT molecular complexity index is 1010. The van der Waals surface area contributed by atoms with Crippen LogP contribution >= 0.6 is 22.7 Å². The SMILES string of the molecule is COc1ccc(-c2nc(C)c(C(=O)Nc3nc(C(F)(F)F)cs3)s2)cc1OC. The number of benzene rings is 1. The third-order valence-corrected chi connectivity index (χ3v) is 5.61. The molecule has 2 heterocycles. The summed E-state index contributed by atoms with van der Waals surface area (Å²) >= 11 is 1.83. The number of thiazole rings is 2. The second-order valence-electron chi connectivity index (χ2n) is 5.49. The highest BCUT2D eigenvalue weighted by Crippen LogP contribution is 2.36. The monoisotopic (exact) mass is 429 g/mol. The molecule has 1 N–H and O–H groups in total. The molecule has 0 bridgehead atoms. The van der Waals surface area contributed by atoms with Crippen molar-refractivity contribution in [3.8, 4) is 22.1 Å². The standard InChI is InChI=1S/C17H14F3N3O3S2/c1-8-13(14(24)23-16-22-12(7-27-16)17(18,19)20)28-15(21-8)9-4-5-10(25-2)11(6-9)26-3/h4-7H,1-3H3,(H,22,23,24). The molecule has 0 saturated carbocycles. The average Bonchev–Trinajstić information content (AvgIpc) is 3.27. The van der Waals surface area contributed by atoms with Crippen LogP contribution < -0.4 is 14.8 Å². The number of methoxy groups -OCH3 is 2. The van der Waals surface area contributed by atoms with Crippen LogP contribution in [-0.4, -0.2) is 30.1 Å². The Morgan fingerprint density at radius 1 is 1.14 bits per heavy atom. The largest absolute Gasteiger partial charge is 0.493 e. The van der Waals surface area contributed by atoms with E-state index in [0.717, 1.165) is 22.3 Å². The summed E-state index contributed by atoms with van der Waals surface area (Å²) in [5, 5.41) is 3.68. The van der Waals surface area contributed by atoms with Gasteiger partial charge in [-0.2, -0.15) is 13.2 Å². The molecular formula is C17H14F3N3O3S2. The Balaban J connectivity index is 1.84. The van der Waals surface area contributed by atoms with Gasteiger partial charge in [0.15, 0.2) is 22.3 Å². The van der Waals surface area contributed by atoms with E-state index in [1.54, 1.807) is 25.1 Å². The van der Waals surface area contributed by atoms with E-state index in [-0.39, 0.29) is 10.0 Å². The van der Waals surface area contributed by atoms with Gasteiger partial charge in [-0.25, -0.2) is 9.97 Å². The maximum Gasteiger partial charge on any atom is 0.434 e. The normalized spacial score (nSPS) is 11.4. The third-order valence-electron chi connectivity index (χ3n) is 3.65. The van der Waals surface area contributed by atoms with E-state index < -0.39 is 17.8 Å². The van der Waals surface area contributed by atoms with Gasteiger partial charge < -0.3 is 9.47 Å². The molecule has 0 aliphatic heterocycles. The summed E-state index contributed by atoms with van der Waals surface area (Å²) in [6, 6.07) is 5.23. The van der Waals surface area contributed by atoms with E-state index in [0.29, 0.717) is 33.5 Å². The van der Waals surface area contributed by atoms with E-state index in [2.05, 4.69) is 15.3 Å². The first-order valence-corrected chi connectivity index (χ1v) is 9.46. The fourth-order valence-corrected chi connectivity index (χ4v) is 3.99. The van der Waals surface area contributed by atoms with Gasteiger partial charge in [-0.3, -0.25) is 10.1 Å². The molecule has 0 fully saturated rings. The molecule has 3 aromatic rings. The van der Waals surface area contributed by atoms with Crippen molar-refractivity contribution in [1.29, 1.82) is 0 Å². The van der Waals surface area contributed by atoms with Crippen LogP contribution in [0, 0.1) is 6.92 Å². The molecule has 0 saturated heterocycles. The van der Waals surface area contributed by atoms with Crippen LogP contribution in [0.1, 0.15) is 21.1 Å². The fourth-order valence-electron chi connectivity index (χ4n) is 2.32. The smallest absolute Gasteiger partial charge is 0.434 e. The lowest BCUT2D eigenvalue weighted by atomic mass is 10.2. The molecule has 1 amide bonds. The van der Waals surface area contributed by atoms with Gasteiger partial charge in [0.2, 0.25) is 0 Å². The number of hydrogen-bond acceptors (Lipinski definition) is 7. The highest BCUT2D eigenvalue weighted by Gasteiger charge is 2.34. The minimum atomic E-state index is -4.56. The number of halogens is 3. The molecule has 1 aromatic carbocycles. The van der Waals surface area contributed by atoms with Crippen LogP contribution in [0.25, 0.3) is 10.6 Å². The van der Waals surface area contributed by atoms with Gasteiger partial charge in [0.25, 0.3) is 5.91 Å². The number of alkyl halides is 3. The van der Waals surface area contributed by atoms with Crippen LogP contribution in [0.5, 0.6) is 11.5 Å². The first kappa shape index (κ1) is 20.1. The number of carbonyl (C=O) groups is 1. The van der Waals surface area contributed by atoms with Crippen molar-refractivity contribution in [3.05, 3.63) is 39.8 Å². The number of hydrogen-bond donors (Lipinski definition) is 1. The van der Waals surface area contributed by atoms with E-state index in [1.165, 1.54) is 14.2 Å².